The lowest BCUT2D eigenvalue weighted by molar-refractivity contribution is -0.129. The average Bonchev–Trinajstić information content (AvgIpc) is 3.00. The van der Waals surface area contributed by atoms with E-state index in [4.69, 9.17) is 14.2 Å². The Kier molecular flexibility index (Phi) is 4.95. The van der Waals surface area contributed by atoms with Crippen molar-refractivity contribution in [1.29, 1.82) is 0 Å². The SMILES string of the molecule is COc1ccc(/C=C2N=C(/C=C/c3ccccc3OC)OC\2=O)cc1. The molecule has 126 valence electrons. The van der Waals surface area contributed by atoms with Crippen LogP contribution < -0.4 is 9.47 Å². The Balaban J connectivity index is 1.79. The van der Waals surface area contributed by atoms with Gasteiger partial charge in [0.05, 0.1) is 14.2 Å². The van der Waals surface area contributed by atoms with Crippen LogP contribution in [0.1, 0.15) is 11.1 Å². The third-order valence-electron chi connectivity index (χ3n) is 3.60. The van der Waals surface area contributed by atoms with Crippen LogP contribution in [0, 0.1) is 0 Å². The minimum Gasteiger partial charge on any atom is -0.497 e. The fourth-order valence-electron chi connectivity index (χ4n) is 2.32. The van der Waals surface area contributed by atoms with E-state index in [2.05, 4.69) is 4.99 Å². The van der Waals surface area contributed by atoms with Gasteiger partial charge in [-0.15, -0.1) is 0 Å². The highest BCUT2D eigenvalue weighted by Crippen LogP contribution is 2.21. The number of carbonyl (C=O) groups is 1. The number of rotatable bonds is 5. The fourth-order valence-corrected chi connectivity index (χ4v) is 2.32. The standard InChI is InChI=1S/C20H17NO4/c1-23-16-10-7-14(8-11-16)13-17-20(22)25-19(21-17)12-9-15-5-3-4-6-18(15)24-2/h3-13H,1-2H3/b12-9+,17-13-. The molecule has 5 heteroatoms. The molecule has 5 nitrogen and oxygen atoms in total. The van der Waals surface area contributed by atoms with Crippen LogP contribution in [0.3, 0.4) is 0 Å². The first-order chi connectivity index (χ1) is 12.2. The van der Waals surface area contributed by atoms with Crippen molar-refractivity contribution < 1.29 is 19.0 Å². The van der Waals surface area contributed by atoms with Gasteiger partial charge >= 0.3 is 5.97 Å². The van der Waals surface area contributed by atoms with Gasteiger partial charge in [0.1, 0.15) is 11.5 Å². The van der Waals surface area contributed by atoms with E-state index in [0.29, 0.717) is 0 Å². The van der Waals surface area contributed by atoms with Crippen molar-refractivity contribution in [1.82, 2.24) is 0 Å². The maximum Gasteiger partial charge on any atom is 0.363 e. The lowest BCUT2D eigenvalue weighted by atomic mass is 10.2. The van der Waals surface area contributed by atoms with Crippen LogP contribution in [0.25, 0.3) is 12.2 Å². The molecule has 0 aromatic heterocycles. The van der Waals surface area contributed by atoms with E-state index in [0.717, 1.165) is 22.6 Å². The van der Waals surface area contributed by atoms with Crippen molar-refractivity contribution in [2.45, 2.75) is 0 Å². The number of nitrogens with zero attached hydrogens (tertiary/aromatic N) is 1. The highest BCUT2D eigenvalue weighted by atomic mass is 16.6. The third kappa shape index (κ3) is 3.95. The number of para-hydroxylation sites is 1. The molecule has 0 bridgehead atoms. The van der Waals surface area contributed by atoms with Crippen molar-refractivity contribution in [3.8, 4) is 11.5 Å². The second kappa shape index (κ2) is 7.49. The number of hydrogen-bond donors (Lipinski definition) is 0. The van der Waals surface area contributed by atoms with Crippen LogP contribution in [0.4, 0.5) is 0 Å². The summed E-state index contributed by atoms with van der Waals surface area (Å²) in [7, 11) is 3.21. The minimum atomic E-state index is -0.476. The molecule has 2 aromatic rings. The summed E-state index contributed by atoms with van der Waals surface area (Å²) in [5.74, 6) is 1.25. The first-order valence-corrected chi connectivity index (χ1v) is 7.67. The molecule has 0 saturated heterocycles. The van der Waals surface area contributed by atoms with E-state index in [-0.39, 0.29) is 11.6 Å². The van der Waals surface area contributed by atoms with Gasteiger partial charge in [-0.2, -0.15) is 0 Å². The van der Waals surface area contributed by atoms with Crippen molar-refractivity contribution >= 4 is 24.0 Å². The normalized spacial score (nSPS) is 15.4. The second-order valence-electron chi connectivity index (χ2n) is 5.22. The van der Waals surface area contributed by atoms with Crippen molar-refractivity contribution in [2.75, 3.05) is 14.2 Å². The largest absolute Gasteiger partial charge is 0.497 e. The predicted octanol–water partition coefficient (Wildman–Crippen LogP) is 3.71. The summed E-state index contributed by atoms with van der Waals surface area (Å²) in [6, 6.07) is 14.9. The molecule has 1 heterocycles. The highest BCUT2D eigenvalue weighted by Gasteiger charge is 2.21. The summed E-state index contributed by atoms with van der Waals surface area (Å²) in [5.41, 5.74) is 1.97. The van der Waals surface area contributed by atoms with Crippen LogP contribution in [-0.4, -0.2) is 26.1 Å². The maximum atomic E-state index is 12.0. The summed E-state index contributed by atoms with van der Waals surface area (Å²) in [5, 5.41) is 0. The molecule has 25 heavy (non-hydrogen) atoms. The Hall–Kier alpha value is -3.34. The van der Waals surface area contributed by atoms with Gasteiger partial charge in [-0.25, -0.2) is 9.79 Å². The molecular formula is C20H17NO4. The Morgan fingerprint density at radius 1 is 0.960 bits per heavy atom. The number of aliphatic imine (C=N–C) groups is 1. The van der Waals surface area contributed by atoms with Gasteiger partial charge in [-0.3, -0.25) is 0 Å². The van der Waals surface area contributed by atoms with Crippen LogP contribution in [0.15, 0.2) is 65.3 Å². The van der Waals surface area contributed by atoms with Gasteiger partial charge in [0, 0.05) is 11.6 Å². The van der Waals surface area contributed by atoms with Gasteiger partial charge in [0.2, 0.25) is 5.90 Å². The molecule has 0 amide bonds. The number of benzene rings is 2. The monoisotopic (exact) mass is 335 g/mol. The molecule has 1 aliphatic heterocycles. The first kappa shape index (κ1) is 16.5. The lowest BCUT2D eigenvalue weighted by Crippen LogP contribution is -2.01. The Morgan fingerprint density at radius 2 is 1.72 bits per heavy atom. The van der Waals surface area contributed by atoms with Gasteiger partial charge in [-0.1, -0.05) is 30.3 Å². The highest BCUT2D eigenvalue weighted by molar-refractivity contribution is 6.11. The van der Waals surface area contributed by atoms with Crippen LogP contribution in [0.2, 0.25) is 0 Å². The first-order valence-electron chi connectivity index (χ1n) is 7.67. The van der Waals surface area contributed by atoms with E-state index in [1.54, 1.807) is 32.4 Å². The van der Waals surface area contributed by atoms with Crippen LogP contribution >= 0.6 is 0 Å². The molecule has 0 spiro atoms. The summed E-state index contributed by atoms with van der Waals surface area (Å²) in [4.78, 5) is 16.2. The quantitative estimate of drug-likeness (QED) is 0.617. The molecule has 1 aliphatic rings. The van der Waals surface area contributed by atoms with E-state index in [1.165, 1.54) is 0 Å². The molecule has 3 rings (SSSR count). The number of esters is 1. The van der Waals surface area contributed by atoms with Crippen molar-refractivity contribution in [3.63, 3.8) is 0 Å². The van der Waals surface area contributed by atoms with Crippen molar-refractivity contribution in [3.05, 3.63) is 71.4 Å². The molecule has 0 aliphatic carbocycles. The molecule has 0 fully saturated rings. The average molecular weight is 335 g/mol. The zero-order valence-corrected chi connectivity index (χ0v) is 13.9. The molecule has 0 saturated carbocycles. The van der Waals surface area contributed by atoms with Gasteiger partial charge < -0.3 is 14.2 Å². The number of cyclic esters (lactones) is 1. The fraction of sp³-hybridized carbons (Fsp3) is 0.100. The smallest absolute Gasteiger partial charge is 0.363 e. The maximum absolute atomic E-state index is 12.0. The minimum absolute atomic E-state index is 0.246. The van der Waals surface area contributed by atoms with E-state index in [9.17, 15) is 4.79 Å². The van der Waals surface area contributed by atoms with E-state index < -0.39 is 5.97 Å². The van der Waals surface area contributed by atoms with E-state index in [1.807, 2.05) is 48.5 Å². The number of carbonyl (C=O) groups excluding carboxylic acids is 1. The zero-order valence-electron chi connectivity index (χ0n) is 13.9. The third-order valence-corrected chi connectivity index (χ3v) is 3.60. The summed E-state index contributed by atoms with van der Waals surface area (Å²) < 4.78 is 15.6. The molecular weight excluding hydrogens is 318 g/mol. The summed E-state index contributed by atoms with van der Waals surface area (Å²) in [6.45, 7) is 0. The number of hydrogen-bond acceptors (Lipinski definition) is 5. The topological polar surface area (TPSA) is 57.1 Å². The van der Waals surface area contributed by atoms with Crippen LogP contribution in [0.5, 0.6) is 11.5 Å². The van der Waals surface area contributed by atoms with E-state index >= 15 is 0 Å². The van der Waals surface area contributed by atoms with Gasteiger partial charge in [0.25, 0.3) is 0 Å². The zero-order chi connectivity index (χ0) is 17.6. The molecule has 0 unspecified atom stereocenters. The number of methoxy groups -OCH3 is 2. The lowest BCUT2D eigenvalue weighted by Gasteiger charge is -2.02. The summed E-state index contributed by atoms with van der Waals surface area (Å²) >= 11 is 0. The molecule has 0 N–H and O–H groups in total. The number of ether oxygens (including phenoxy) is 3. The molecule has 0 atom stereocenters. The Morgan fingerprint density at radius 3 is 2.44 bits per heavy atom. The molecule has 0 radical (unpaired) electrons. The van der Waals surface area contributed by atoms with Gasteiger partial charge in [0.15, 0.2) is 5.70 Å². The summed E-state index contributed by atoms with van der Waals surface area (Å²) in [6.07, 6.45) is 5.11. The Bertz CT molecular complexity index is 864. The predicted molar refractivity (Wildman–Crippen MR) is 96.5 cm³/mol. The molecule has 2 aromatic carbocycles. The van der Waals surface area contributed by atoms with Gasteiger partial charge in [-0.05, 0) is 35.9 Å². The van der Waals surface area contributed by atoms with Crippen LogP contribution in [-0.2, 0) is 9.53 Å². The Labute approximate surface area is 145 Å². The second-order valence-corrected chi connectivity index (χ2v) is 5.22. The van der Waals surface area contributed by atoms with Crippen molar-refractivity contribution in [2.24, 2.45) is 4.99 Å².